The third-order valence-electron chi connectivity index (χ3n) is 3.96. The van der Waals surface area contributed by atoms with Crippen molar-refractivity contribution in [1.82, 2.24) is 9.55 Å². The van der Waals surface area contributed by atoms with Gasteiger partial charge >= 0.3 is 11.9 Å². The van der Waals surface area contributed by atoms with Gasteiger partial charge in [0.1, 0.15) is 17.5 Å². The summed E-state index contributed by atoms with van der Waals surface area (Å²) in [5.74, 6) is -1.30. The van der Waals surface area contributed by atoms with Crippen molar-refractivity contribution >= 4 is 22.7 Å². The van der Waals surface area contributed by atoms with E-state index in [2.05, 4.69) is 4.98 Å². The van der Waals surface area contributed by atoms with Gasteiger partial charge in [-0.2, -0.15) is 0 Å². The van der Waals surface area contributed by atoms with E-state index in [1.165, 1.54) is 6.33 Å². The van der Waals surface area contributed by atoms with E-state index in [1.807, 2.05) is 42.5 Å². The van der Waals surface area contributed by atoms with E-state index in [0.29, 0.717) is 5.69 Å². The highest BCUT2D eigenvalue weighted by molar-refractivity contribution is 6.01. The molecule has 0 unspecified atom stereocenters. The van der Waals surface area contributed by atoms with Crippen molar-refractivity contribution in [3.05, 3.63) is 60.2 Å². The number of carbonyl (C=O) groups excluding carboxylic acids is 2. The number of rotatable bonds is 3. The van der Waals surface area contributed by atoms with Crippen molar-refractivity contribution < 1.29 is 19.1 Å². The molecule has 6 nitrogen and oxygen atoms in total. The summed E-state index contributed by atoms with van der Waals surface area (Å²) in [5.41, 5.74) is -0.755. The molecule has 6 heteroatoms. The topological polar surface area (TPSA) is 70.4 Å². The second-order valence-corrected chi connectivity index (χ2v) is 8.85. The number of benzene rings is 2. The third-order valence-corrected chi connectivity index (χ3v) is 3.96. The number of imidazole rings is 1. The number of nitrogens with zero attached hydrogens (tertiary/aromatic N) is 2. The summed E-state index contributed by atoms with van der Waals surface area (Å²) in [4.78, 5) is 29.9. The van der Waals surface area contributed by atoms with Crippen molar-refractivity contribution in [2.75, 3.05) is 0 Å². The highest BCUT2D eigenvalue weighted by Gasteiger charge is 2.31. The van der Waals surface area contributed by atoms with Gasteiger partial charge < -0.3 is 9.47 Å². The average Bonchev–Trinajstić information content (AvgIpc) is 3.04. The molecular formula is C23H26N2O4. The molecule has 1 aromatic heterocycles. The highest BCUT2D eigenvalue weighted by Crippen LogP contribution is 2.24. The number of hydrogen-bond donors (Lipinski definition) is 0. The Morgan fingerprint density at radius 1 is 0.828 bits per heavy atom. The van der Waals surface area contributed by atoms with Gasteiger partial charge in [0.25, 0.3) is 0 Å². The Hall–Kier alpha value is -3.15. The molecular weight excluding hydrogens is 368 g/mol. The first-order valence-corrected chi connectivity index (χ1v) is 9.48. The maximum Gasteiger partial charge on any atom is 0.360 e. The smallest absolute Gasteiger partial charge is 0.360 e. The maximum atomic E-state index is 13.0. The van der Waals surface area contributed by atoms with Crippen LogP contribution in [0.5, 0.6) is 0 Å². The van der Waals surface area contributed by atoms with Gasteiger partial charge in [-0.05, 0) is 64.4 Å². The van der Waals surface area contributed by atoms with Crippen LogP contribution in [0.1, 0.15) is 62.5 Å². The van der Waals surface area contributed by atoms with Crippen LogP contribution in [-0.2, 0) is 9.47 Å². The molecule has 0 saturated carbocycles. The number of fused-ring (bicyclic) bond motifs is 1. The van der Waals surface area contributed by atoms with E-state index in [4.69, 9.17) is 9.47 Å². The van der Waals surface area contributed by atoms with E-state index in [-0.39, 0.29) is 11.4 Å². The van der Waals surface area contributed by atoms with Gasteiger partial charge in [-0.15, -0.1) is 0 Å². The number of esters is 2. The molecule has 3 aromatic rings. The zero-order valence-corrected chi connectivity index (χ0v) is 17.6. The first-order chi connectivity index (χ1) is 13.4. The molecule has 0 spiro atoms. The van der Waals surface area contributed by atoms with E-state index in [9.17, 15) is 9.59 Å². The van der Waals surface area contributed by atoms with E-state index < -0.39 is 23.1 Å². The second-order valence-electron chi connectivity index (χ2n) is 8.85. The molecule has 29 heavy (non-hydrogen) atoms. The van der Waals surface area contributed by atoms with Crippen LogP contribution in [0.4, 0.5) is 0 Å². The SMILES string of the molecule is CC(C)(C)OC(=O)c1ncn(-c2ccc3ccccc3c2)c1C(=O)OC(C)(C)C. The molecule has 152 valence electrons. The Bertz CT molecular complexity index is 1070. The van der Waals surface area contributed by atoms with Crippen LogP contribution >= 0.6 is 0 Å². The quantitative estimate of drug-likeness (QED) is 0.589. The Morgan fingerprint density at radius 3 is 2.03 bits per heavy atom. The van der Waals surface area contributed by atoms with Gasteiger partial charge in [-0.25, -0.2) is 14.6 Å². The molecule has 0 radical (unpaired) electrons. The standard InChI is InChI=1S/C23H26N2O4/c1-22(2,3)28-20(26)18-19(21(27)29-23(4,5)6)25(14-24-18)17-12-11-15-9-7-8-10-16(15)13-17/h7-14H,1-6H3. The molecule has 0 fully saturated rings. The fourth-order valence-electron chi connectivity index (χ4n) is 2.87. The molecule has 0 aliphatic heterocycles. The summed E-state index contributed by atoms with van der Waals surface area (Å²) < 4.78 is 12.6. The lowest BCUT2D eigenvalue weighted by atomic mass is 10.1. The van der Waals surface area contributed by atoms with Crippen LogP contribution in [-0.4, -0.2) is 32.7 Å². The summed E-state index contributed by atoms with van der Waals surface area (Å²) in [7, 11) is 0. The van der Waals surface area contributed by atoms with E-state index >= 15 is 0 Å². The molecule has 1 heterocycles. The van der Waals surface area contributed by atoms with Gasteiger partial charge in [-0.1, -0.05) is 30.3 Å². The van der Waals surface area contributed by atoms with Crippen molar-refractivity contribution in [3.8, 4) is 5.69 Å². The Morgan fingerprint density at radius 2 is 1.41 bits per heavy atom. The monoisotopic (exact) mass is 394 g/mol. The molecule has 0 bridgehead atoms. The minimum absolute atomic E-state index is 0.0458. The second kappa shape index (κ2) is 7.35. The van der Waals surface area contributed by atoms with Crippen LogP contribution in [0.3, 0.4) is 0 Å². The van der Waals surface area contributed by atoms with Gasteiger partial charge in [-0.3, -0.25) is 4.57 Å². The third kappa shape index (κ3) is 4.83. The largest absolute Gasteiger partial charge is 0.455 e. The Balaban J connectivity index is 2.13. The summed E-state index contributed by atoms with van der Waals surface area (Å²) >= 11 is 0. The molecule has 0 amide bonds. The van der Waals surface area contributed by atoms with Crippen molar-refractivity contribution in [1.29, 1.82) is 0 Å². The minimum atomic E-state index is -0.721. The Kier molecular flexibility index (Phi) is 5.22. The summed E-state index contributed by atoms with van der Waals surface area (Å²) in [6.45, 7) is 10.6. The number of carbonyl (C=O) groups is 2. The maximum absolute atomic E-state index is 13.0. The summed E-state index contributed by atoms with van der Waals surface area (Å²) in [5, 5.41) is 2.08. The van der Waals surface area contributed by atoms with Crippen LogP contribution in [0.2, 0.25) is 0 Å². The lowest BCUT2D eigenvalue weighted by molar-refractivity contribution is 0.000945. The first kappa shape index (κ1) is 20.6. The summed E-state index contributed by atoms with van der Waals surface area (Å²) in [6.07, 6.45) is 1.45. The van der Waals surface area contributed by atoms with Gasteiger partial charge in [0, 0.05) is 5.69 Å². The predicted octanol–water partition coefficient (Wildman–Crippen LogP) is 4.94. The number of hydrogen-bond acceptors (Lipinski definition) is 5. The van der Waals surface area contributed by atoms with Gasteiger partial charge in [0.2, 0.25) is 0 Å². The zero-order valence-electron chi connectivity index (χ0n) is 17.6. The molecule has 2 aromatic carbocycles. The van der Waals surface area contributed by atoms with Crippen LogP contribution in [0.15, 0.2) is 48.8 Å². The predicted molar refractivity (Wildman–Crippen MR) is 111 cm³/mol. The van der Waals surface area contributed by atoms with Crippen molar-refractivity contribution in [2.45, 2.75) is 52.7 Å². The highest BCUT2D eigenvalue weighted by atomic mass is 16.6. The average molecular weight is 394 g/mol. The molecule has 0 N–H and O–H groups in total. The lowest BCUT2D eigenvalue weighted by Crippen LogP contribution is -2.29. The number of aromatic nitrogens is 2. The van der Waals surface area contributed by atoms with Crippen LogP contribution < -0.4 is 0 Å². The molecule has 0 aliphatic carbocycles. The first-order valence-electron chi connectivity index (χ1n) is 9.48. The van der Waals surface area contributed by atoms with Gasteiger partial charge in [0.15, 0.2) is 11.4 Å². The number of ether oxygens (including phenoxy) is 2. The zero-order chi connectivity index (χ0) is 21.4. The normalized spacial score (nSPS) is 12.1. The fraction of sp³-hybridized carbons (Fsp3) is 0.348. The molecule has 0 saturated heterocycles. The van der Waals surface area contributed by atoms with E-state index in [0.717, 1.165) is 10.8 Å². The van der Waals surface area contributed by atoms with Gasteiger partial charge in [0.05, 0.1) is 0 Å². The molecule has 0 aliphatic rings. The molecule has 3 rings (SSSR count). The van der Waals surface area contributed by atoms with Crippen LogP contribution in [0, 0.1) is 0 Å². The van der Waals surface area contributed by atoms with Crippen molar-refractivity contribution in [3.63, 3.8) is 0 Å². The summed E-state index contributed by atoms with van der Waals surface area (Å²) in [6, 6.07) is 13.7. The Labute approximate surface area is 170 Å². The molecule has 0 atom stereocenters. The van der Waals surface area contributed by atoms with E-state index in [1.54, 1.807) is 46.1 Å². The van der Waals surface area contributed by atoms with Crippen molar-refractivity contribution in [2.24, 2.45) is 0 Å². The minimum Gasteiger partial charge on any atom is -0.455 e. The fourth-order valence-corrected chi connectivity index (χ4v) is 2.87. The lowest BCUT2D eigenvalue weighted by Gasteiger charge is -2.21. The van der Waals surface area contributed by atoms with Crippen LogP contribution in [0.25, 0.3) is 16.5 Å².